The molecule has 0 fully saturated rings. The van der Waals surface area contributed by atoms with Gasteiger partial charge in [0, 0.05) is 9.50 Å². The van der Waals surface area contributed by atoms with Crippen molar-refractivity contribution in [2.75, 3.05) is 5.32 Å². The molecule has 0 saturated heterocycles. The highest BCUT2D eigenvalue weighted by molar-refractivity contribution is 9.10. The molecular formula is C17H9BrClF4N3O. The molecule has 3 rings (SSSR count). The number of amides is 1. The van der Waals surface area contributed by atoms with Crippen LogP contribution in [0.4, 0.5) is 23.2 Å². The van der Waals surface area contributed by atoms with E-state index in [2.05, 4.69) is 26.3 Å². The van der Waals surface area contributed by atoms with Crippen molar-refractivity contribution in [3.8, 4) is 5.69 Å². The Bertz CT molecular complexity index is 1020. The van der Waals surface area contributed by atoms with Crippen LogP contribution in [0.25, 0.3) is 5.69 Å². The lowest BCUT2D eigenvalue weighted by molar-refractivity contribution is -0.143. The van der Waals surface area contributed by atoms with Crippen molar-refractivity contribution in [2.45, 2.75) is 6.18 Å². The first-order valence-electron chi connectivity index (χ1n) is 7.34. The number of nitrogens with one attached hydrogen (secondary N) is 1. The Morgan fingerprint density at radius 2 is 1.93 bits per heavy atom. The predicted molar refractivity (Wildman–Crippen MR) is 95.6 cm³/mol. The molecule has 140 valence electrons. The molecule has 0 aliphatic heterocycles. The molecule has 1 aromatic heterocycles. The van der Waals surface area contributed by atoms with Crippen molar-refractivity contribution in [1.29, 1.82) is 0 Å². The van der Waals surface area contributed by atoms with Gasteiger partial charge in [0.1, 0.15) is 5.82 Å². The molecule has 3 aromatic rings. The fraction of sp³-hybridized carbons (Fsp3) is 0.0588. The van der Waals surface area contributed by atoms with Gasteiger partial charge < -0.3 is 5.32 Å². The molecule has 1 amide bonds. The summed E-state index contributed by atoms with van der Waals surface area (Å²) < 4.78 is 55.7. The van der Waals surface area contributed by atoms with Gasteiger partial charge in [-0.25, -0.2) is 9.07 Å². The number of anilines is 1. The average molecular weight is 463 g/mol. The molecule has 0 bridgehead atoms. The second-order valence-corrected chi connectivity index (χ2v) is 6.73. The van der Waals surface area contributed by atoms with Gasteiger partial charge in [0.2, 0.25) is 0 Å². The minimum Gasteiger partial charge on any atom is -0.319 e. The summed E-state index contributed by atoms with van der Waals surface area (Å²) in [6.45, 7) is 0. The molecule has 4 nitrogen and oxygen atoms in total. The van der Waals surface area contributed by atoms with Crippen molar-refractivity contribution in [1.82, 2.24) is 9.78 Å². The maximum atomic E-state index is 13.9. The minimum absolute atomic E-state index is 0.0312. The number of halogens is 6. The van der Waals surface area contributed by atoms with Gasteiger partial charge in [-0.2, -0.15) is 18.3 Å². The smallest absolute Gasteiger partial charge is 0.319 e. The molecule has 2 aromatic carbocycles. The van der Waals surface area contributed by atoms with E-state index in [0.717, 1.165) is 12.3 Å². The fourth-order valence-electron chi connectivity index (χ4n) is 2.37. The Hall–Kier alpha value is -2.39. The summed E-state index contributed by atoms with van der Waals surface area (Å²) in [5.74, 6) is -1.94. The van der Waals surface area contributed by atoms with Gasteiger partial charge in [-0.3, -0.25) is 4.79 Å². The van der Waals surface area contributed by atoms with Crippen LogP contribution in [0.15, 0.2) is 53.1 Å². The van der Waals surface area contributed by atoms with Gasteiger partial charge in [-0.1, -0.05) is 33.6 Å². The number of hydrogen-bond donors (Lipinski definition) is 1. The van der Waals surface area contributed by atoms with E-state index in [1.807, 2.05) is 0 Å². The van der Waals surface area contributed by atoms with E-state index < -0.39 is 29.2 Å². The topological polar surface area (TPSA) is 46.9 Å². The fourth-order valence-corrected chi connectivity index (χ4v) is 2.89. The third-order valence-electron chi connectivity index (χ3n) is 3.51. The van der Waals surface area contributed by atoms with Crippen molar-refractivity contribution in [2.24, 2.45) is 0 Å². The minimum atomic E-state index is -4.89. The quantitative estimate of drug-likeness (QED) is 0.508. The zero-order valence-corrected chi connectivity index (χ0v) is 15.5. The SMILES string of the molecule is O=C(Nc1ccc(Br)cc1F)c1cnn(-c2cccc(Cl)c2)c1C(F)(F)F. The standard InChI is InChI=1S/C17H9BrClF4N3O/c18-9-4-5-14(13(20)6-9)25-16(27)12-8-24-26(15(12)17(21,22)23)11-3-1-2-10(19)7-11/h1-8H,(H,25,27). The Balaban J connectivity index is 2.04. The van der Waals surface area contributed by atoms with E-state index >= 15 is 0 Å². The first kappa shape index (κ1) is 19.4. The first-order chi connectivity index (χ1) is 12.7. The van der Waals surface area contributed by atoms with Crippen LogP contribution >= 0.6 is 27.5 Å². The zero-order valence-electron chi connectivity index (χ0n) is 13.2. The van der Waals surface area contributed by atoms with Crippen molar-refractivity contribution >= 4 is 39.1 Å². The molecule has 27 heavy (non-hydrogen) atoms. The Kier molecular flexibility index (Phi) is 5.25. The number of benzene rings is 2. The summed E-state index contributed by atoms with van der Waals surface area (Å²) in [5, 5.41) is 6.00. The van der Waals surface area contributed by atoms with E-state index in [4.69, 9.17) is 11.6 Å². The van der Waals surface area contributed by atoms with Gasteiger partial charge in [-0.05, 0) is 36.4 Å². The summed E-state index contributed by atoms with van der Waals surface area (Å²) in [6, 6.07) is 9.34. The second-order valence-electron chi connectivity index (χ2n) is 5.37. The third kappa shape index (κ3) is 4.14. The van der Waals surface area contributed by atoms with E-state index in [0.29, 0.717) is 9.15 Å². The molecule has 1 N–H and O–H groups in total. The summed E-state index contributed by atoms with van der Waals surface area (Å²) in [7, 11) is 0. The third-order valence-corrected chi connectivity index (χ3v) is 4.24. The number of rotatable bonds is 3. The molecule has 0 radical (unpaired) electrons. The molecule has 0 spiro atoms. The number of alkyl halides is 3. The number of aromatic nitrogens is 2. The van der Waals surface area contributed by atoms with Gasteiger partial charge in [-0.15, -0.1) is 0 Å². The molecule has 0 atom stereocenters. The molecule has 1 heterocycles. The van der Waals surface area contributed by atoms with Gasteiger partial charge in [0.25, 0.3) is 5.91 Å². The largest absolute Gasteiger partial charge is 0.434 e. The van der Waals surface area contributed by atoms with Crippen LogP contribution < -0.4 is 5.32 Å². The molecule has 0 aliphatic rings. The van der Waals surface area contributed by atoms with Crippen LogP contribution in [0.3, 0.4) is 0 Å². The van der Waals surface area contributed by atoms with E-state index in [-0.39, 0.29) is 16.4 Å². The molecular weight excluding hydrogens is 454 g/mol. The maximum Gasteiger partial charge on any atom is 0.434 e. The Morgan fingerprint density at radius 1 is 1.19 bits per heavy atom. The second kappa shape index (κ2) is 7.32. The van der Waals surface area contributed by atoms with Crippen molar-refractivity contribution in [3.05, 3.63) is 75.2 Å². The normalized spacial score (nSPS) is 11.5. The first-order valence-corrected chi connectivity index (χ1v) is 8.51. The van der Waals surface area contributed by atoms with Crippen LogP contribution in [0.1, 0.15) is 16.1 Å². The van der Waals surface area contributed by atoms with Gasteiger partial charge in [0.05, 0.1) is 23.1 Å². The summed E-state index contributed by atoms with van der Waals surface area (Å²) >= 11 is 8.88. The molecule has 10 heteroatoms. The highest BCUT2D eigenvalue weighted by atomic mass is 79.9. The highest BCUT2D eigenvalue weighted by Crippen LogP contribution is 2.34. The number of nitrogens with zero attached hydrogens (tertiary/aromatic N) is 2. The molecule has 0 aliphatic carbocycles. The summed E-state index contributed by atoms with van der Waals surface area (Å²) in [6.07, 6.45) is -4.11. The monoisotopic (exact) mass is 461 g/mol. The van der Waals surface area contributed by atoms with Crippen LogP contribution in [0.5, 0.6) is 0 Å². The van der Waals surface area contributed by atoms with E-state index in [1.54, 1.807) is 0 Å². The lowest BCUT2D eigenvalue weighted by atomic mass is 10.2. The number of carbonyl (C=O) groups excluding carboxylic acids is 1. The maximum absolute atomic E-state index is 13.9. The molecule has 0 saturated carbocycles. The number of hydrogen-bond acceptors (Lipinski definition) is 2. The van der Waals surface area contributed by atoms with E-state index in [1.165, 1.54) is 36.4 Å². The Morgan fingerprint density at radius 3 is 2.56 bits per heavy atom. The van der Waals surface area contributed by atoms with Crippen molar-refractivity contribution < 1.29 is 22.4 Å². The number of carbonyl (C=O) groups is 1. The average Bonchev–Trinajstić information content (AvgIpc) is 3.03. The zero-order chi connectivity index (χ0) is 19.8. The summed E-state index contributed by atoms with van der Waals surface area (Å²) in [4.78, 5) is 12.4. The molecule has 0 unspecified atom stereocenters. The van der Waals surface area contributed by atoms with Crippen LogP contribution in [-0.4, -0.2) is 15.7 Å². The van der Waals surface area contributed by atoms with Gasteiger partial charge >= 0.3 is 6.18 Å². The lowest BCUT2D eigenvalue weighted by Gasteiger charge is -2.13. The summed E-state index contributed by atoms with van der Waals surface area (Å²) in [5.41, 5.74) is -2.26. The highest BCUT2D eigenvalue weighted by Gasteiger charge is 2.40. The predicted octanol–water partition coefficient (Wildman–Crippen LogP) is 5.70. The lowest BCUT2D eigenvalue weighted by Crippen LogP contribution is -2.21. The van der Waals surface area contributed by atoms with Crippen LogP contribution in [0.2, 0.25) is 5.02 Å². The van der Waals surface area contributed by atoms with Crippen molar-refractivity contribution in [3.63, 3.8) is 0 Å². The van der Waals surface area contributed by atoms with E-state index in [9.17, 15) is 22.4 Å². The van der Waals surface area contributed by atoms with Crippen LogP contribution in [0, 0.1) is 5.82 Å². The van der Waals surface area contributed by atoms with Crippen LogP contribution in [-0.2, 0) is 6.18 Å². The Labute approximate surface area is 163 Å². The van der Waals surface area contributed by atoms with Gasteiger partial charge in [0.15, 0.2) is 5.69 Å².